The van der Waals surface area contributed by atoms with Crippen molar-refractivity contribution in [1.82, 2.24) is 9.88 Å². The van der Waals surface area contributed by atoms with Gasteiger partial charge in [0.1, 0.15) is 11.4 Å². The standard InChI is InChI=1S/C15H16Cl2N2O3/c1-19-6-2-4-13(19)15(21)18-5-3-7-22-14-11(16)8-10(20)9-12(14)17/h2,4,6,8-9,20H,3,5,7H2,1H3,(H,18,21). The van der Waals surface area contributed by atoms with Crippen LogP contribution in [0.3, 0.4) is 0 Å². The van der Waals surface area contributed by atoms with Crippen LogP contribution in [0.4, 0.5) is 0 Å². The Balaban J connectivity index is 1.76. The van der Waals surface area contributed by atoms with E-state index in [0.717, 1.165) is 0 Å². The number of carbonyl (C=O) groups excluding carboxylic acids is 1. The molecule has 2 aromatic rings. The van der Waals surface area contributed by atoms with Gasteiger partial charge in [0.2, 0.25) is 0 Å². The van der Waals surface area contributed by atoms with Gasteiger partial charge < -0.3 is 19.7 Å². The van der Waals surface area contributed by atoms with Crippen molar-refractivity contribution in [2.24, 2.45) is 7.05 Å². The van der Waals surface area contributed by atoms with Crippen molar-refractivity contribution in [3.05, 3.63) is 46.2 Å². The van der Waals surface area contributed by atoms with Crippen molar-refractivity contribution >= 4 is 29.1 Å². The van der Waals surface area contributed by atoms with E-state index in [1.807, 2.05) is 19.3 Å². The molecule has 5 nitrogen and oxygen atoms in total. The summed E-state index contributed by atoms with van der Waals surface area (Å²) in [5, 5.41) is 12.6. The predicted octanol–water partition coefficient (Wildman–Crippen LogP) is 3.24. The minimum Gasteiger partial charge on any atom is -0.508 e. The van der Waals surface area contributed by atoms with Crippen LogP contribution in [0.25, 0.3) is 0 Å². The summed E-state index contributed by atoms with van der Waals surface area (Å²) < 4.78 is 7.24. The summed E-state index contributed by atoms with van der Waals surface area (Å²) in [6.07, 6.45) is 2.41. The van der Waals surface area contributed by atoms with Crippen molar-refractivity contribution in [3.8, 4) is 11.5 Å². The van der Waals surface area contributed by atoms with Crippen LogP contribution in [0.2, 0.25) is 10.0 Å². The molecule has 0 saturated carbocycles. The van der Waals surface area contributed by atoms with Crippen LogP contribution < -0.4 is 10.1 Å². The number of nitrogens with one attached hydrogen (secondary N) is 1. The SMILES string of the molecule is Cn1cccc1C(=O)NCCCOc1c(Cl)cc(O)cc1Cl. The first-order chi connectivity index (χ1) is 10.5. The van der Waals surface area contributed by atoms with Gasteiger partial charge in [-0.1, -0.05) is 23.2 Å². The molecule has 0 unspecified atom stereocenters. The van der Waals surface area contributed by atoms with E-state index in [4.69, 9.17) is 27.9 Å². The van der Waals surface area contributed by atoms with Crippen LogP contribution in [0.1, 0.15) is 16.9 Å². The second-order valence-corrected chi connectivity index (χ2v) is 5.52. The average Bonchev–Trinajstić information content (AvgIpc) is 2.87. The first-order valence-corrected chi connectivity index (χ1v) is 7.45. The number of nitrogens with zero attached hydrogens (tertiary/aromatic N) is 1. The van der Waals surface area contributed by atoms with Crippen LogP contribution in [0.5, 0.6) is 11.5 Å². The summed E-state index contributed by atoms with van der Waals surface area (Å²) in [5.41, 5.74) is 0.602. The van der Waals surface area contributed by atoms with E-state index < -0.39 is 0 Å². The fourth-order valence-corrected chi connectivity index (χ4v) is 2.50. The lowest BCUT2D eigenvalue weighted by molar-refractivity contribution is 0.0943. The quantitative estimate of drug-likeness (QED) is 0.792. The molecule has 0 fully saturated rings. The van der Waals surface area contributed by atoms with Crippen LogP contribution in [0.15, 0.2) is 30.5 Å². The normalized spacial score (nSPS) is 10.5. The van der Waals surface area contributed by atoms with E-state index in [1.165, 1.54) is 12.1 Å². The van der Waals surface area contributed by atoms with Crippen molar-refractivity contribution in [1.29, 1.82) is 0 Å². The van der Waals surface area contributed by atoms with E-state index in [2.05, 4.69) is 5.32 Å². The van der Waals surface area contributed by atoms with E-state index in [0.29, 0.717) is 31.0 Å². The molecule has 0 aliphatic rings. The second kappa shape index (κ2) is 7.42. The molecule has 1 heterocycles. The lowest BCUT2D eigenvalue weighted by Crippen LogP contribution is -2.27. The zero-order valence-corrected chi connectivity index (χ0v) is 13.5. The summed E-state index contributed by atoms with van der Waals surface area (Å²) >= 11 is 11.9. The van der Waals surface area contributed by atoms with Gasteiger partial charge in [0.05, 0.1) is 16.7 Å². The number of rotatable bonds is 6. The van der Waals surface area contributed by atoms with Crippen LogP contribution in [-0.4, -0.2) is 28.7 Å². The van der Waals surface area contributed by atoms with Crippen molar-refractivity contribution < 1.29 is 14.6 Å². The van der Waals surface area contributed by atoms with Gasteiger partial charge in [0.15, 0.2) is 5.75 Å². The largest absolute Gasteiger partial charge is 0.508 e. The molecular weight excluding hydrogens is 327 g/mol. The van der Waals surface area contributed by atoms with Crippen molar-refractivity contribution in [2.45, 2.75) is 6.42 Å². The van der Waals surface area contributed by atoms with Crippen molar-refractivity contribution in [3.63, 3.8) is 0 Å². The number of hydrogen-bond acceptors (Lipinski definition) is 3. The molecule has 0 aliphatic heterocycles. The van der Waals surface area contributed by atoms with Gasteiger partial charge in [0, 0.05) is 31.9 Å². The highest BCUT2D eigenvalue weighted by Crippen LogP contribution is 2.36. The molecule has 0 saturated heterocycles. The highest BCUT2D eigenvalue weighted by Gasteiger charge is 2.10. The average molecular weight is 343 g/mol. The Kier molecular flexibility index (Phi) is 5.57. The van der Waals surface area contributed by atoms with Gasteiger partial charge in [-0.15, -0.1) is 0 Å². The van der Waals surface area contributed by atoms with Crippen LogP contribution >= 0.6 is 23.2 Å². The van der Waals surface area contributed by atoms with Gasteiger partial charge in [-0.3, -0.25) is 4.79 Å². The van der Waals surface area contributed by atoms with Crippen LogP contribution in [-0.2, 0) is 7.05 Å². The fraction of sp³-hybridized carbons (Fsp3) is 0.267. The topological polar surface area (TPSA) is 63.5 Å². The first kappa shape index (κ1) is 16.5. The number of hydrogen-bond donors (Lipinski definition) is 2. The highest BCUT2D eigenvalue weighted by molar-refractivity contribution is 6.37. The van der Waals surface area contributed by atoms with Crippen molar-refractivity contribution in [2.75, 3.05) is 13.2 Å². The fourth-order valence-electron chi connectivity index (χ4n) is 1.92. The van der Waals surface area contributed by atoms with E-state index in [-0.39, 0.29) is 21.7 Å². The van der Waals surface area contributed by atoms with E-state index in [1.54, 1.807) is 10.6 Å². The second-order valence-electron chi connectivity index (χ2n) is 4.70. The molecule has 2 N–H and O–H groups in total. The van der Waals surface area contributed by atoms with Gasteiger partial charge in [0.25, 0.3) is 5.91 Å². The molecule has 0 spiro atoms. The molecule has 1 aromatic carbocycles. The Morgan fingerprint density at radius 2 is 2.05 bits per heavy atom. The predicted molar refractivity (Wildman–Crippen MR) is 86.0 cm³/mol. The zero-order chi connectivity index (χ0) is 16.1. The maximum atomic E-state index is 11.9. The number of phenols is 1. The maximum Gasteiger partial charge on any atom is 0.267 e. The highest BCUT2D eigenvalue weighted by atomic mass is 35.5. The number of aromatic nitrogens is 1. The van der Waals surface area contributed by atoms with Gasteiger partial charge >= 0.3 is 0 Å². The molecule has 22 heavy (non-hydrogen) atoms. The third kappa shape index (κ3) is 4.08. The molecule has 0 aliphatic carbocycles. The summed E-state index contributed by atoms with van der Waals surface area (Å²) in [7, 11) is 1.81. The number of phenolic OH excluding ortho intramolecular Hbond substituents is 1. The van der Waals surface area contributed by atoms with E-state index >= 15 is 0 Å². The Labute approximate surface area is 138 Å². The lowest BCUT2D eigenvalue weighted by atomic mass is 10.3. The Bertz CT molecular complexity index is 648. The summed E-state index contributed by atoms with van der Waals surface area (Å²) in [4.78, 5) is 11.9. The zero-order valence-electron chi connectivity index (χ0n) is 12.0. The molecule has 1 aromatic heterocycles. The number of benzene rings is 1. The lowest BCUT2D eigenvalue weighted by Gasteiger charge is -2.11. The minimum absolute atomic E-state index is 0.0165. The maximum absolute atomic E-state index is 11.9. The summed E-state index contributed by atoms with van der Waals surface area (Å²) in [5.74, 6) is 0.181. The Hall–Kier alpha value is -1.85. The smallest absolute Gasteiger partial charge is 0.267 e. The molecule has 7 heteroatoms. The number of carbonyl (C=O) groups is 1. The summed E-state index contributed by atoms with van der Waals surface area (Å²) in [6.45, 7) is 0.814. The third-order valence-electron chi connectivity index (χ3n) is 3.01. The molecule has 118 valence electrons. The van der Waals surface area contributed by atoms with Gasteiger partial charge in [-0.25, -0.2) is 0 Å². The number of aryl methyl sites for hydroxylation is 1. The first-order valence-electron chi connectivity index (χ1n) is 6.69. The minimum atomic E-state index is -0.131. The van der Waals surface area contributed by atoms with Gasteiger partial charge in [-0.2, -0.15) is 0 Å². The van der Waals surface area contributed by atoms with Gasteiger partial charge in [-0.05, 0) is 18.6 Å². The number of ether oxygens (including phenoxy) is 1. The molecule has 0 bridgehead atoms. The third-order valence-corrected chi connectivity index (χ3v) is 3.57. The van der Waals surface area contributed by atoms with Crippen LogP contribution in [0, 0.1) is 0 Å². The number of amides is 1. The number of halogens is 2. The molecule has 0 atom stereocenters. The summed E-state index contributed by atoms with van der Waals surface area (Å²) in [6, 6.07) is 6.29. The monoisotopic (exact) mass is 342 g/mol. The Morgan fingerprint density at radius 1 is 1.36 bits per heavy atom. The molecule has 2 rings (SSSR count). The molecule has 0 radical (unpaired) electrons. The Morgan fingerprint density at radius 3 is 2.64 bits per heavy atom. The number of aromatic hydroxyl groups is 1. The van der Waals surface area contributed by atoms with E-state index in [9.17, 15) is 9.90 Å². The molecule has 1 amide bonds. The molecular formula is C15H16Cl2N2O3.